The Morgan fingerprint density at radius 3 is 2.83 bits per heavy atom. The molecular weight excluding hydrogens is 409 g/mol. The molecule has 1 amide bonds. The topological polar surface area (TPSA) is 83.6 Å². The number of rotatable bonds is 5. The lowest BCUT2D eigenvalue weighted by Crippen LogP contribution is -2.14. The van der Waals surface area contributed by atoms with Crippen LogP contribution in [0.2, 0.25) is 0 Å². The molecule has 6 nitrogen and oxygen atoms in total. The van der Waals surface area contributed by atoms with E-state index < -0.39 is 0 Å². The molecule has 3 aromatic rings. The average Bonchev–Trinajstić information content (AvgIpc) is 3.26. The first-order valence-corrected chi connectivity index (χ1v) is 11.0. The SMILES string of the molecule is Cn1c(SCC(=O)Nc2sc3c(c2C#N)CCCC3)nnc1-c1ccc(F)cc1. The minimum absolute atomic E-state index is 0.156. The van der Waals surface area contributed by atoms with Crippen LogP contribution < -0.4 is 5.32 Å². The molecule has 0 radical (unpaired) electrons. The average molecular weight is 428 g/mol. The summed E-state index contributed by atoms with van der Waals surface area (Å²) in [5.74, 6) is 0.263. The molecule has 1 N–H and O–H groups in total. The summed E-state index contributed by atoms with van der Waals surface area (Å²) >= 11 is 2.78. The highest BCUT2D eigenvalue weighted by Gasteiger charge is 2.22. The summed E-state index contributed by atoms with van der Waals surface area (Å²) in [6.45, 7) is 0. The Morgan fingerprint density at radius 1 is 1.31 bits per heavy atom. The number of hydrogen-bond acceptors (Lipinski definition) is 6. The first-order chi connectivity index (χ1) is 14.1. The van der Waals surface area contributed by atoms with E-state index in [4.69, 9.17) is 0 Å². The smallest absolute Gasteiger partial charge is 0.235 e. The summed E-state index contributed by atoms with van der Waals surface area (Å²) in [5, 5.41) is 21.9. The largest absolute Gasteiger partial charge is 0.316 e. The van der Waals surface area contributed by atoms with Crippen molar-refractivity contribution in [1.29, 1.82) is 5.26 Å². The van der Waals surface area contributed by atoms with E-state index in [0.717, 1.165) is 36.8 Å². The van der Waals surface area contributed by atoms with E-state index in [1.54, 1.807) is 23.7 Å². The highest BCUT2D eigenvalue weighted by molar-refractivity contribution is 7.99. The lowest BCUT2D eigenvalue weighted by Gasteiger charge is -2.09. The number of nitrogens with one attached hydrogen (secondary N) is 1. The first kappa shape index (κ1) is 19.6. The van der Waals surface area contributed by atoms with Gasteiger partial charge in [0.05, 0.1) is 11.3 Å². The molecule has 4 rings (SSSR count). The van der Waals surface area contributed by atoms with Gasteiger partial charge >= 0.3 is 0 Å². The fraction of sp³-hybridized carbons (Fsp3) is 0.300. The van der Waals surface area contributed by atoms with Crippen LogP contribution in [0.1, 0.15) is 28.8 Å². The lowest BCUT2D eigenvalue weighted by molar-refractivity contribution is -0.113. The number of thioether (sulfide) groups is 1. The van der Waals surface area contributed by atoms with Gasteiger partial charge in [-0.05, 0) is 55.5 Å². The number of aryl methyl sites for hydroxylation is 1. The van der Waals surface area contributed by atoms with Crippen LogP contribution in [-0.2, 0) is 24.7 Å². The van der Waals surface area contributed by atoms with Crippen molar-refractivity contribution in [3.05, 3.63) is 46.1 Å². The second-order valence-corrected chi connectivity index (χ2v) is 8.78. The number of carbonyl (C=O) groups excluding carboxylic acids is 1. The van der Waals surface area contributed by atoms with Crippen molar-refractivity contribution in [2.75, 3.05) is 11.1 Å². The second-order valence-electron chi connectivity index (χ2n) is 6.74. The lowest BCUT2D eigenvalue weighted by atomic mass is 9.96. The van der Waals surface area contributed by atoms with Gasteiger partial charge in [-0.25, -0.2) is 4.39 Å². The van der Waals surface area contributed by atoms with Gasteiger partial charge in [0, 0.05) is 17.5 Å². The zero-order chi connectivity index (χ0) is 20.4. The number of aromatic nitrogens is 3. The van der Waals surface area contributed by atoms with Gasteiger partial charge in [-0.15, -0.1) is 21.5 Å². The van der Waals surface area contributed by atoms with Crippen LogP contribution in [0.5, 0.6) is 0 Å². The standard InChI is InChI=1S/C20H18FN5OS2/c1-26-18(12-6-8-13(21)9-7-12)24-25-20(26)28-11-17(27)23-19-15(10-22)14-4-2-3-5-16(14)29-19/h6-9H,2-5,11H2,1H3,(H,23,27). The van der Waals surface area contributed by atoms with Gasteiger partial charge in [0.15, 0.2) is 11.0 Å². The Morgan fingerprint density at radius 2 is 2.07 bits per heavy atom. The number of amides is 1. The third-order valence-electron chi connectivity index (χ3n) is 4.81. The molecule has 0 bridgehead atoms. The van der Waals surface area contributed by atoms with Crippen molar-refractivity contribution in [2.24, 2.45) is 7.05 Å². The van der Waals surface area contributed by atoms with Gasteiger partial charge < -0.3 is 9.88 Å². The molecule has 0 unspecified atom stereocenters. The van der Waals surface area contributed by atoms with Crippen LogP contribution in [0.25, 0.3) is 11.4 Å². The van der Waals surface area contributed by atoms with E-state index in [2.05, 4.69) is 21.6 Å². The van der Waals surface area contributed by atoms with Gasteiger partial charge in [0.2, 0.25) is 5.91 Å². The van der Waals surface area contributed by atoms with Gasteiger partial charge in [0.25, 0.3) is 0 Å². The van der Waals surface area contributed by atoms with Crippen molar-refractivity contribution < 1.29 is 9.18 Å². The monoisotopic (exact) mass is 427 g/mol. The maximum Gasteiger partial charge on any atom is 0.235 e. The van der Waals surface area contributed by atoms with Crippen LogP contribution in [-0.4, -0.2) is 26.4 Å². The first-order valence-electron chi connectivity index (χ1n) is 9.19. The maximum atomic E-state index is 13.1. The molecule has 0 fully saturated rings. The molecular formula is C20H18FN5OS2. The molecule has 0 atom stereocenters. The third-order valence-corrected chi connectivity index (χ3v) is 7.03. The van der Waals surface area contributed by atoms with Crippen LogP contribution in [0.4, 0.5) is 9.39 Å². The predicted octanol–water partition coefficient (Wildman–Crippen LogP) is 4.16. The Kier molecular flexibility index (Phi) is 5.65. The van der Waals surface area contributed by atoms with Gasteiger partial charge in [0.1, 0.15) is 16.9 Å². The van der Waals surface area contributed by atoms with Gasteiger partial charge in [-0.3, -0.25) is 4.79 Å². The van der Waals surface area contributed by atoms with E-state index in [9.17, 15) is 14.4 Å². The van der Waals surface area contributed by atoms with Crippen molar-refractivity contribution in [3.8, 4) is 17.5 Å². The van der Waals surface area contributed by atoms with Crippen LogP contribution in [0, 0.1) is 17.1 Å². The van der Waals surface area contributed by atoms with Crippen molar-refractivity contribution in [1.82, 2.24) is 14.8 Å². The number of carbonyl (C=O) groups is 1. The van der Waals surface area contributed by atoms with Crippen LogP contribution in [0.15, 0.2) is 29.4 Å². The molecule has 2 heterocycles. The molecule has 0 aliphatic heterocycles. The van der Waals surface area contributed by atoms with E-state index in [1.165, 1.54) is 40.1 Å². The van der Waals surface area contributed by atoms with Crippen molar-refractivity contribution in [3.63, 3.8) is 0 Å². The quantitative estimate of drug-likeness (QED) is 0.618. The molecule has 1 aliphatic carbocycles. The van der Waals surface area contributed by atoms with Crippen LogP contribution >= 0.6 is 23.1 Å². The number of nitriles is 1. The molecule has 0 saturated heterocycles. The summed E-state index contributed by atoms with van der Waals surface area (Å²) in [7, 11) is 1.81. The number of benzene rings is 1. The number of anilines is 1. The second kappa shape index (κ2) is 8.35. The highest BCUT2D eigenvalue weighted by Crippen LogP contribution is 2.37. The molecule has 29 heavy (non-hydrogen) atoms. The minimum Gasteiger partial charge on any atom is -0.316 e. The summed E-state index contributed by atoms with van der Waals surface area (Å²) in [6.07, 6.45) is 4.10. The van der Waals surface area contributed by atoms with E-state index in [0.29, 0.717) is 21.5 Å². The number of halogens is 1. The molecule has 0 saturated carbocycles. The number of thiophene rings is 1. The fourth-order valence-electron chi connectivity index (χ4n) is 3.36. The molecule has 2 aromatic heterocycles. The summed E-state index contributed by atoms with van der Waals surface area (Å²) in [6, 6.07) is 8.28. The molecule has 1 aliphatic rings. The Hall–Kier alpha value is -2.70. The number of hydrogen-bond donors (Lipinski definition) is 1. The summed E-state index contributed by atoms with van der Waals surface area (Å²) in [4.78, 5) is 13.7. The fourth-order valence-corrected chi connectivity index (χ4v) is 5.32. The molecule has 1 aromatic carbocycles. The molecule has 9 heteroatoms. The third kappa shape index (κ3) is 4.04. The Balaban J connectivity index is 1.43. The van der Waals surface area contributed by atoms with E-state index in [-0.39, 0.29) is 17.5 Å². The van der Waals surface area contributed by atoms with Crippen molar-refractivity contribution >= 4 is 34.0 Å². The zero-order valence-corrected chi connectivity index (χ0v) is 17.4. The van der Waals surface area contributed by atoms with Gasteiger partial charge in [-0.2, -0.15) is 5.26 Å². The Bertz CT molecular complexity index is 1100. The van der Waals surface area contributed by atoms with E-state index in [1.807, 2.05) is 0 Å². The number of fused-ring (bicyclic) bond motifs is 1. The molecule has 148 valence electrons. The predicted molar refractivity (Wildman–Crippen MR) is 111 cm³/mol. The highest BCUT2D eigenvalue weighted by atomic mass is 32.2. The van der Waals surface area contributed by atoms with Gasteiger partial charge in [-0.1, -0.05) is 11.8 Å². The minimum atomic E-state index is -0.311. The number of nitrogens with zero attached hydrogens (tertiary/aromatic N) is 4. The normalized spacial score (nSPS) is 13.0. The van der Waals surface area contributed by atoms with Crippen molar-refractivity contribution in [2.45, 2.75) is 30.8 Å². The molecule has 0 spiro atoms. The van der Waals surface area contributed by atoms with E-state index >= 15 is 0 Å². The zero-order valence-electron chi connectivity index (χ0n) is 15.7. The van der Waals surface area contributed by atoms with Crippen LogP contribution in [0.3, 0.4) is 0 Å². The Labute approximate surface area is 175 Å². The summed E-state index contributed by atoms with van der Waals surface area (Å²) in [5.41, 5.74) is 2.46. The maximum absolute atomic E-state index is 13.1. The summed E-state index contributed by atoms with van der Waals surface area (Å²) < 4.78 is 14.9.